The van der Waals surface area contributed by atoms with E-state index in [9.17, 15) is 10.1 Å². The number of hydrogen-bond acceptors (Lipinski definition) is 5. The fourth-order valence-electron chi connectivity index (χ4n) is 3.29. The van der Waals surface area contributed by atoms with Gasteiger partial charge >= 0.3 is 5.97 Å². The van der Waals surface area contributed by atoms with Gasteiger partial charge in [0.15, 0.2) is 5.69 Å². The second-order valence-electron chi connectivity index (χ2n) is 5.95. The van der Waals surface area contributed by atoms with Crippen LogP contribution in [0.3, 0.4) is 0 Å². The van der Waals surface area contributed by atoms with E-state index in [1.165, 1.54) is 12.7 Å². The molecule has 1 aromatic heterocycles. The standard InChI is InChI=1S/C19H19N3O2/c1-24-19(23)18-16(8-5-9-21-18)17-13-22(12-15(17)10-20)11-14-6-3-2-4-7-14/h2-9,15,17H,11-13H2,1H3/t15-,17?/m1/s1. The fourth-order valence-corrected chi connectivity index (χ4v) is 3.29. The van der Waals surface area contributed by atoms with Gasteiger partial charge in [0, 0.05) is 31.7 Å². The van der Waals surface area contributed by atoms with Crippen LogP contribution in [0, 0.1) is 17.2 Å². The van der Waals surface area contributed by atoms with Gasteiger partial charge in [0.25, 0.3) is 0 Å². The van der Waals surface area contributed by atoms with Crippen LogP contribution in [-0.4, -0.2) is 36.1 Å². The molecular formula is C19H19N3O2. The van der Waals surface area contributed by atoms with Crippen molar-refractivity contribution in [3.63, 3.8) is 0 Å². The maximum absolute atomic E-state index is 12.0. The van der Waals surface area contributed by atoms with E-state index < -0.39 is 5.97 Å². The molecule has 24 heavy (non-hydrogen) atoms. The highest BCUT2D eigenvalue weighted by atomic mass is 16.5. The van der Waals surface area contributed by atoms with Crippen LogP contribution in [0.1, 0.15) is 27.5 Å². The molecule has 0 radical (unpaired) electrons. The number of carbonyl (C=O) groups excluding carboxylic acids is 1. The summed E-state index contributed by atoms with van der Waals surface area (Å²) in [6, 6.07) is 16.3. The van der Waals surface area contributed by atoms with Crippen molar-refractivity contribution >= 4 is 5.97 Å². The Bertz CT molecular complexity index is 755. The summed E-state index contributed by atoms with van der Waals surface area (Å²) in [4.78, 5) is 18.4. The third-order valence-corrected chi connectivity index (χ3v) is 4.43. The molecule has 1 unspecified atom stereocenters. The summed E-state index contributed by atoms with van der Waals surface area (Å²) in [6.45, 7) is 2.21. The molecule has 5 nitrogen and oxygen atoms in total. The van der Waals surface area contributed by atoms with Crippen molar-refractivity contribution in [2.75, 3.05) is 20.2 Å². The zero-order chi connectivity index (χ0) is 16.9. The third kappa shape index (κ3) is 3.29. The summed E-state index contributed by atoms with van der Waals surface area (Å²) in [6.07, 6.45) is 1.58. The lowest BCUT2D eigenvalue weighted by molar-refractivity contribution is 0.0592. The first-order valence-electron chi connectivity index (χ1n) is 7.92. The number of likely N-dealkylation sites (tertiary alicyclic amines) is 1. The average Bonchev–Trinajstić information content (AvgIpc) is 3.04. The Morgan fingerprint density at radius 3 is 2.79 bits per heavy atom. The number of rotatable bonds is 4. The van der Waals surface area contributed by atoms with Crippen LogP contribution in [0.2, 0.25) is 0 Å². The van der Waals surface area contributed by atoms with Gasteiger partial charge in [-0.1, -0.05) is 36.4 Å². The molecule has 122 valence electrons. The van der Waals surface area contributed by atoms with Crippen molar-refractivity contribution < 1.29 is 9.53 Å². The van der Waals surface area contributed by atoms with Gasteiger partial charge in [-0.25, -0.2) is 9.78 Å². The monoisotopic (exact) mass is 321 g/mol. The lowest BCUT2D eigenvalue weighted by Crippen LogP contribution is -2.20. The minimum absolute atomic E-state index is 0.0403. The zero-order valence-electron chi connectivity index (χ0n) is 13.6. The number of ether oxygens (including phenoxy) is 1. The van der Waals surface area contributed by atoms with Gasteiger partial charge in [0.2, 0.25) is 0 Å². The third-order valence-electron chi connectivity index (χ3n) is 4.43. The Morgan fingerprint density at radius 2 is 2.08 bits per heavy atom. The summed E-state index contributed by atoms with van der Waals surface area (Å²) >= 11 is 0. The Balaban J connectivity index is 1.84. The van der Waals surface area contributed by atoms with E-state index in [1.807, 2.05) is 24.3 Å². The normalized spacial score (nSPS) is 20.5. The van der Waals surface area contributed by atoms with Crippen LogP contribution in [-0.2, 0) is 11.3 Å². The number of hydrogen-bond donors (Lipinski definition) is 0. The number of carbonyl (C=O) groups is 1. The lowest BCUT2D eigenvalue weighted by atomic mass is 9.89. The van der Waals surface area contributed by atoms with Gasteiger partial charge in [-0.05, 0) is 17.2 Å². The Hall–Kier alpha value is -2.71. The summed E-state index contributed by atoms with van der Waals surface area (Å²) in [7, 11) is 1.35. The minimum Gasteiger partial charge on any atom is -0.464 e. The first-order valence-corrected chi connectivity index (χ1v) is 7.92. The lowest BCUT2D eigenvalue weighted by Gasteiger charge is -2.17. The highest BCUT2D eigenvalue weighted by Gasteiger charge is 2.36. The molecule has 2 atom stereocenters. The summed E-state index contributed by atoms with van der Waals surface area (Å²) in [5.74, 6) is -0.661. The minimum atomic E-state index is -0.455. The van der Waals surface area contributed by atoms with Gasteiger partial charge < -0.3 is 4.74 Å². The molecule has 5 heteroatoms. The second kappa shape index (κ2) is 7.24. The highest BCUT2D eigenvalue weighted by Crippen LogP contribution is 2.34. The van der Waals surface area contributed by atoms with Crippen molar-refractivity contribution in [3.8, 4) is 6.07 Å². The molecule has 0 spiro atoms. The van der Waals surface area contributed by atoms with Crippen LogP contribution >= 0.6 is 0 Å². The quantitative estimate of drug-likeness (QED) is 0.810. The van der Waals surface area contributed by atoms with E-state index in [-0.39, 0.29) is 11.8 Å². The van der Waals surface area contributed by atoms with Crippen LogP contribution in [0.4, 0.5) is 0 Å². The molecule has 1 aliphatic heterocycles. The number of aromatic nitrogens is 1. The molecule has 1 aliphatic rings. The SMILES string of the molecule is COC(=O)c1ncccc1C1CN(Cc2ccccc2)C[C@H]1C#N. The topological polar surface area (TPSA) is 66.2 Å². The molecule has 1 aromatic carbocycles. The first-order chi connectivity index (χ1) is 11.7. The molecule has 0 bridgehead atoms. The Labute approximate surface area is 141 Å². The molecule has 1 fully saturated rings. The Morgan fingerprint density at radius 1 is 1.29 bits per heavy atom. The van der Waals surface area contributed by atoms with E-state index in [1.54, 1.807) is 12.3 Å². The first kappa shape index (κ1) is 16.2. The predicted molar refractivity (Wildman–Crippen MR) is 89.1 cm³/mol. The molecular weight excluding hydrogens is 302 g/mol. The van der Waals surface area contributed by atoms with E-state index in [0.29, 0.717) is 12.2 Å². The largest absolute Gasteiger partial charge is 0.464 e. The molecule has 1 saturated heterocycles. The molecule has 2 aromatic rings. The molecule has 0 N–H and O–H groups in total. The van der Waals surface area contributed by atoms with Gasteiger partial charge in [0.05, 0.1) is 19.1 Å². The molecule has 0 aliphatic carbocycles. The van der Waals surface area contributed by atoms with Crippen LogP contribution < -0.4 is 0 Å². The van der Waals surface area contributed by atoms with Crippen molar-refractivity contribution in [1.82, 2.24) is 9.88 Å². The number of nitrogens with zero attached hydrogens (tertiary/aromatic N) is 3. The smallest absolute Gasteiger partial charge is 0.356 e. The number of nitriles is 1. The number of pyridine rings is 1. The van der Waals surface area contributed by atoms with Crippen LogP contribution in [0.25, 0.3) is 0 Å². The van der Waals surface area contributed by atoms with E-state index in [4.69, 9.17) is 4.74 Å². The molecule has 3 rings (SSSR count). The van der Waals surface area contributed by atoms with Crippen molar-refractivity contribution in [2.24, 2.45) is 5.92 Å². The number of methoxy groups -OCH3 is 1. The molecule has 0 saturated carbocycles. The average molecular weight is 321 g/mol. The van der Waals surface area contributed by atoms with Crippen molar-refractivity contribution in [2.45, 2.75) is 12.5 Å². The van der Waals surface area contributed by atoms with Gasteiger partial charge in [-0.2, -0.15) is 5.26 Å². The van der Waals surface area contributed by atoms with E-state index in [2.05, 4.69) is 28.1 Å². The fraction of sp³-hybridized carbons (Fsp3) is 0.316. The summed E-state index contributed by atoms with van der Waals surface area (Å²) in [5, 5.41) is 9.56. The van der Waals surface area contributed by atoms with Gasteiger partial charge in [-0.3, -0.25) is 4.90 Å². The maximum Gasteiger partial charge on any atom is 0.356 e. The van der Waals surface area contributed by atoms with E-state index >= 15 is 0 Å². The van der Waals surface area contributed by atoms with Crippen molar-refractivity contribution in [1.29, 1.82) is 5.26 Å². The van der Waals surface area contributed by atoms with Gasteiger partial charge in [-0.15, -0.1) is 0 Å². The van der Waals surface area contributed by atoms with Crippen LogP contribution in [0.5, 0.6) is 0 Å². The van der Waals surface area contributed by atoms with Crippen molar-refractivity contribution in [3.05, 3.63) is 65.5 Å². The summed E-state index contributed by atoms with van der Waals surface area (Å²) < 4.78 is 4.83. The molecule has 0 amide bonds. The summed E-state index contributed by atoms with van der Waals surface area (Å²) in [5.41, 5.74) is 2.33. The maximum atomic E-state index is 12.0. The Kier molecular flexibility index (Phi) is 4.88. The predicted octanol–water partition coefficient (Wildman–Crippen LogP) is 2.61. The number of benzene rings is 1. The number of esters is 1. The second-order valence-corrected chi connectivity index (χ2v) is 5.95. The van der Waals surface area contributed by atoms with E-state index in [0.717, 1.165) is 18.7 Å². The molecule has 2 heterocycles. The highest BCUT2D eigenvalue weighted by molar-refractivity contribution is 5.89. The zero-order valence-corrected chi connectivity index (χ0v) is 13.6. The van der Waals surface area contributed by atoms with Gasteiger partial charge in [0.1, 0.15) is 0 Å². The van der Waals surface area contributed by atoms with Crippen LogP contribution in [0.15, 0.2) is 48.7 Å².